The van der Waals surface area contributed by atoms with Crippen molar-refractivity contribution in [3.05, 3.63) is 190 Å². The minimum atomic E-state index is -0.0109. The van der Waals surface area contributed by atoms with Crippen molar-refractivity contribution in [2.45, 2.75) is 150 Å². The first-order valence-electron chi connectivity index (χ1n) is 28.1. The fourth-order valence-electron chi connectivity index (χ4n) is 14.0. The molecule has 3 nitrogen and oxygen atoms in total. The van der Waals surface area contributed by atoms with E-state index in [0.717, 1.165) is 18.5 Å². The first kappa shape index (κ1) is 49.0. The third-order valence-corrected chi connectivity index (χ3v) is 19.9. The van der Waals surface area contributed by atoms with Gasteiger partial charge in [0.2, 0.25) is 0 Å². The van der Waals surface area contributed by atoms with Crippen LogP contribution < -0.4 is 31.1 Å². The van der Waals surface area contributed by atoms with E-state index >= 15 is 0 Å². The molecule has 0 atom stereocenters. The van der Waals surface area contributed by atoms with Gasteiger partial charge in [0.1, 0.15) is 0 Å². The second kappa shape index (κ2) is 16.7. The van der Waals surface area contributed by atoms with Gasteiger partial charge < -0.3 is 14.7 Å². The Hall–Kier alpha value is -6.56. The number of aryl methyl sites for hydroxylation is 3. The van der Waals surface area contributed by atoms with Crippen molar-refractivity contribution >= 4 is 106 Å². The van der Waals surface area contributed by atoms with Crippen molar-refractivity contribution in [2.24, 2.45) is 0 Å². The standard InChI is InChI=1S/C71H74BN3S/c1-43-35-62-66-63(36-43)75(48-24-28-52-53(39-48)69(9,10)32-31-68(52,7)8)61-42-55-54(70(11,12)33-34-71(55,13)14)41-57(61)72(66)56-29-25-49(73(58-21-17-15-19-44(58)2)59-22-18-16-20-45(59)3)40-60(56)74(62)47-26-30-64-51(38-47)50-27-23-46(67(4,5)6)37-65(50)76-64/h15-30,35-42H,31-34H2,1-14H3. The van der Waals surface area contributed by atoms with Gasteiger partial charge in [0.15, 0.2) is 0 Å². The normalized spacial score (nSPS) is 17.5. The summed E-state index contributed by atoms with van der Waals surface area (Å²) in [4.78, 5) is 7.85. The van der Waals surface area contributed by atoms with Crippen LogP contribution in [0, 0.1) is 20.8 Å². The van der Waals surface area contributed by atoms with Crippen molar-refractivity contribution < 1.29 is 0 Å². The quantitative estimate of drug-likeness (QED) is 0.159. The highest BCUT2D eigenvalue weighted by Crippen LogP contribution is 2.54. The van der Waals surface area contributed by atoms with Gasteiger partial charge in [-0.25, -0.2) is 0 Å². The van der Waals surface area contributed by atoms with Crippen molar-refractivity contribution in [2.75, 3.05) is 14.7 Å². The number of fused-ring (bicyclic) bond motifs is 9. The van der Waals surface area contributed by atoms with E-state index in [0.29, 0.717) is 0 Å². The van der Waals surface area contributed by atoms with Crippen LogP contribution in [-0.4, -0.2) is 6.71 Å². The Kier molecular flexibility index (Phi) is 10.8. The lowest BCUT2D eigenvalue weighted by Crippen LogP contribution is -2.62. The SMILES string of the molecule is Cc1cc2c3c(c1)N(c1ccc4c(c1)C(C)(C)CCC4(C)C)c1cc4c(cc1B3c1ccc(N(c3ccccc3C)c3ccccc3C)cc1N2c1ccc2sc3cc(C(C)(C)C)ccc3c2c1)C(C)(C)CCC4(C)C. The monoisotopic (exact) mass is 1010 g/mol. The molecule has 382 valence electrons. The van der Waals surface area contributed by atoms with Crippen molar-refractivity contribution in [3.63, 3.8) is 0 Å². The van der Waals surface area contributed by atoms with Gasteiger partial charge in [-0.1, -0.05) is 143 Å². The van der Waals surface area contributed by atoms with Crippen molar-refractivity contribution in [1.82, 2.24) is 0 Å². The van der Waals surface area contributed by atoms with Crippen LogP contribution in [-0.2, 0) is 27.1 Å². The number of para-hydroxylation sites is 2. The van der Waals surface area contributed by atoms with Gasteiger partial charge in [0, 0.05) is 71.4 Å². The number of thiophene rings is 1. The third kappa shape index (κ3) is 7.49. The van der Waals surface area contributed by atoms with E-state index in [4.69, 9.17) is 0 Å². The summed E-state index contributed by atoms with van der Waals surface area (Å²) in [5, 5.41) is 2.63. The van der Waals surface area contributed by atoms with Gasteiger partial charge in [-0.05, 0) is 213 Å². The van der Waals surface area contributed by atoms with Gasteiger partial charge >= 0.3 is 0 Å². The Bertz CT molecular complexity index is 3850. The maximum atomic E-state index is 2.70. The zero-order valence-corrected chi connectivity index (χ0v) is 48.3. The van der Waals surface area contributed by atoms with Gasteiger partial charge in [0.25, 0.3) is 6.71 Å². The second-order valence-corrected chi connectivity index (χ2v) is 28.0. The van der Waals surface area contributed by atoms with Gasteiger partial charge in [-0.2, -0.15) is 0 Å². The van der Waals surface area contributed by atoms with Crippen molar-refractivity contribution in [1.29, 1.82) is 0 Å². The lowest BCUT2D eigenvalue weighted by Gasteiger charge is -2.48. The molecule has 4 aliphatic rings. The minimum Gasteiger partial charge on any atom is -0.311 e. The Balaban J connectivity index is 1.13. The fraction of sp³-hybridized carbons (Fsp3) is 0.324. The molecule has 0 bridgehead atoms. The van der Waals surface area contributed by atoms with Crippen LogP contribution in [0.5, 0.6) is 0 Å². The molecular formula is C71H74BN3S. The van der Waals surface area contributed by atoms with Crippen LogP contribution >= 0.6 is 11.3 Å². The number of nitrogens with zero attached hydrogens (tertiary/aromatic N) is 3. The Morgan fingerprint density at radius 3 is 1.61 bits per heavy atom. The Morgan fingerprint density at radius 2 is 1.00 bits per heavy atom. The summed E-state index contributed by atoms with van der Waals surface area (Å²) in [5.41, 5.74) is 26.5. The summed E-state index contributed by atoms with van der Waals surface area (Å²) in [6, 6.07) is 57.6. The number of hydrogen-bond acceptors (Lipinski definition) is 4. The number of rotatable bonds is 5. The molecule has 0 saturated carbocycles. The zero-order valence-electron chi connectivity index (χ0n) is 47.5. The van der Waals surface area contributed by atoms with Crippen LogP contribution in [0.25, 0.3) is 20.2 Å². The molecule has 13 rings (SSSR count). The maximum absolute atomic E-state index is 2.70. The molecule has 0 fully saturated rings. The first-order chi connectivity index (χ1) is 36.0. The first-order valence-corrected chi connectivity index (χ1v) is 28.9. The van der Waals surface area contributed by atoms with Crippen LogP contribution in [0.2, 0.25) is 0 Å². The number of hydrogen-bond donors (Lipinski definition) is 0. The molecule has 0 radical (unpaired) electrons. The summed E-state index contributed by atoms with van der Waals surface area (Å²) in [6.45, 7) is 33.6. The molecule has 1 aromatic heterocycles. The van der Waals surface area contributed by atoms with Crippen LogP contribution in [0.3, 0.4) is 0 Å². The molecule has 0 amide bonds. The summed E-state index contributed by atoms with van der Waals surface area (Å²) >= 11 is 1.92. The van der Waals surface area contributed by atoms with E-state index in [1.807, 2.05) is 11.3 Å². The Labute approximate surface area is 457 Å². The molecule has 9 aromatic rings. The third-order valence-electron chi connectivity index (χ3n) is 18.8. The van der Waals surface area contributed by atoms with E-state index in [-0.39, 0.29) is 33.8 Å². The summed E-state index contributed by atoms with van der Waals surface area (Å²) < 4.78 is 2.67. The molecular weight excluding hydrogens is 938 g/mol. The summed E-state index contributed by atoms with van der Waals surface area (Å²) in [6.07, 6.45) is 4.69. The minimum absolute atomic E-state index is 0.0109. The van der Waals surface area contributed by atoms with E-state index in [2.05, 4.69) is 257 Å². The van der Waals surface area contributed by atoms with E-state index in [1.54, 1.807) is 0 Å². The van der Waals surface area contributed by atoms with E-state index < -0.39 is 0 Å². The highest BCUT2D eigenvalue weighted by atomic mass is 32.1. The molecule has 2 aliphatic carbocycles. The average molecular weight is 1010 g/mol. The van der Waals surface area contributed by atoms with E-state index in [9.17, 15) is 0 Å². The summed E-state index contributed by atoms with van der Waals surface area (Å²) in [7, 11) is 0. The molecule has 5 heteroatoms. The fourth-order valence-corrected chi connectivity index (χ4v) is 15.1. The van der Waals surface area contributed by atoms with Crippen LogP contribution in [0.1, 0.15) is 146 Å². The van der Waals surface area contributed by atoms with Gasteiger partial charge in [-0.15, -0.1) is 11.3 Å². The molecule has 8 aromatic carbocycles. The second-order valence-electron chi connectivity index (χ2n) is 26.9. The van der Waals surface area contributed by atoms with E-state index in [1.165, 1.54) is 139 Å². The largest absolute Gasteiger partial charge is 0.311 e. The van der Waals surface area contributed by atoms with Crippen LogP contribution in [0.15, 0.2) is 146 Å². The average Bonchev–Trinajstić information content (AvgIpc) is 3.89. The molecule has 0 saturated heterocycles. The molecule has 0 N–H and O–H groups in total. The lowest BCUT2D eigenvalue weighted by molar-refractivity contribution is 0.332. The maximum Gasteiger partial charge on any atom is 0.252 e. The predicted octanol–water partition coefficient (Wildman–Crippen LogP) is 18.5. The zero-order chi connectivity index (χ0) is 53.2. The number of benzene rings is 8. The van der Waals surface area contributed by atoms with Crippen LogP contribution in [0.4, 0.5) is 51.2 Å². The molecule has 76 heavy (non-hydrogen) atoms. The van der Waals surface area contributed by atoms with Gasteiger partial charge in [-0.3, -0.25) is 0 Å². The lowest BCUT2D eigenvalue weighted by atomic mass is 9.33. The highest BCUT2D eigenvalue weighted by Gasteiger charge is 2.47. The highest BCUT2D eigenvalue weighted by molar-refractivity contribution is 7.25. The molecule has 0 spiro atoms. The number of anilines is 9. The summed E-state index contributed by atoms with van der Waals surface area (Å²) in [5.74, 6) is 0. The topological polar surface area (TPSA) is 9.72 Å². The molecule has 0 unspecified atom stereocenters. The Morgan fingerprint density at radius 1 is 0.461 bits per heavy atom. The van der Waals surface area contributed by atoms with Gasteiger partial charge in [0.05, 0.1) is 0 Å². The van der Waals surface area contributed by atoms with Crippen molar-refractivity contribution in [3.8, 4) is 0 Å². The predicted molar refractivity (Wildman–Crippen MR) is 332 cm³/mol. The smallest absolute Gasteiger partial charge is 0.252 e. The molecule has 3 heterocycles. The molecule has 2 aliphatic heterocycles.